The molecule has 0 N–H and O–H groups in total. The first-order valence-corrected chi connectivity index (χ1v) is 7.48. The third kappa shape index (κ3) is 3.96. The normalized spacial score (nSPS) is 30.7. The first kappa shape index (κ1) is 15.0. The van der Waals surface area contributed by atoms with E-state index in [-0.39, 0.29) is 0 Å². The first-order valence-electron chi connectivity index (χ1n) is 7.48. The molecule has 2 atom stereocenters. The quantitative estimate of drug-likeness (QED) is 0.732. The van der Waals surface area contributed by atoms with Gasteiger partial charge in [-0.3, -0.25) is 4.90 Å². The van der Waals surface area contributed by atoms with Gasteiger partial charge >= 0.3 is 0 Å². The number of piperazine rings is 1. The molecule has 102 valence electrons. The van der Waals surface area contributed by atoms with E-state index in [1.807, 2.05) is 13.8 Å². The summed E-state index contributed by atoms with van der Waals surface area (Å²) in [6.07, 6.45) is 1.44. The van der Waals surface area contributed by atoms with Crippen molar-refractivity contribution >= 4 is 0 Å². The molecule has 0 aromatic rings. The lowest BCUT2D eigenvalue weighted by Gasteiger charge is -2.35. The molecule has 0 spiro atoms. The molecule has 1 heterocycles. The third-order valence-electron chi connectivity index (χ3n) is 4.19. The second-order valence-electron chi connectivity index (χ2n) is 6.25. The Hall–Kier alpha value is -0.0800. The largest absolute Gasteiger partial charge is 0.301 e. The lowest BCUT2D eigenvalue weighted by atomic mass is 9.90. The van der Waals surface area contributed by atoms with E-state index in [4.69, 9.17) is 0 Å². The number of nitrogens with zero attached hydrogens (tertiary/aromatic N) is 2. The van der Waals surface area contributed by atoms with E-state index < -0.39 is 0 Å². The lowest BCUT2D eigenvalue weighted by molar-refractivity contribution is 0.118. The van der Waals surface area contributed by atoms with Gasteiger partial charge in [-0.2, -0.15) is 0 Å². The van der Waals surface area contributed by atoms with Crippen molar-refractivity contribution in [1.29, 1.82) is 0 Å². The summed E-state index contributed by atoms with van der Waals surface area (Å²) < 4.78 is 0. The van der Waals surface area contributed by atoms with E-state index in [0.717, 1.165) is 12.0 Å². The summed E-state index contributed by atoms with van der Waals surface area (Å²) >= 11 is 0. The van der Waals surface area contributed by atoms with E-state index >= 15 is 0 Å². The van der Waals surface area contributed by atoms with Crippen LogP contribution in [0.3, 0.4) is 0 Å². The van der Waals surface area contributed by atoms with Crippen LogP contribution in [0.5, 0.6) is 0 Å². The molecule has 0 aromatic heterocycles. The van der Waals surface area contributed by atoms with Gasteiger partial charge in [0.2, 0.25) is 0 Å². The van der Waals surface area contributed by atoms with E-state index in [1.165, 1.54) is 39.1 Å². The highest BCUT2D eigenvalue weighted by Gasteiger charge is 2.48. The van der Waals surface area contributed by atoms with Gasteiger partial charge in [-0.15, -0.1) is 0 Å². The molecule has 1 saturated heterocycles. The maximum absolute atomic E-state index is 2.72. The van der Waals surface area contributed by atoms with Crippen LogP contribution in [-0.4, -0.2) is 48.6 Å². The molecule has 2 heteroatoms. The Kier molecular flexibility index (Phi) is 5.46. The fraction of sp³-hybridized carbons (Fsp3) is 1.00. The van der Waals surface area contributed by atoms with Crippen molar-refractivity contribution in [2.45, 2.75) is 54.0 Å². The molecule has 0 bridgehead atoms. The highest BCUT2D eigenvalue weighted by molar-refractivity contribution is 5.01. The molecule has 0 aromatic carbocycles. The second kappa shape index (κ2) is 6.19. The van der Waals surface area contributed by atoms with E-state index in [0.29, 0.717) is 5.41 Å². The van der Waals surface area contributed by atoms with Gasteiger partial charge in [-0.25, -0.2) is 0 Å². The van der Waals surface area contributed by atoms with Gasteiger partial charge in [-0.1, -0.05) is 41.5 Å². The summed E-state index contributed by atoms with van der Waals surface area (Å²) in [5.41, 5.74) is 0.520. The van der Waals surface area contributed by atoms with E-state index in [9.17, 15) is 0 Å². The number of hydrogen-bond acceptors (Lipinski definition) is 2. The summed E-state index contributed by atoms with van der Waals surface area (Å²) in [6, 6.07) is 0.906. The van der Waals surface area contributed by atoms with Crippen molar-refractivity contribution in [1.82, 2.24) is 9.80 Å². The maximum Gasteiger partial charge on any atom is 0.0134 e. The molecule has 1 saturated carbocycles. The minimum absolute atomic E-state index is 0.520. The molecule has 2 aliphatic rings. The summed E-state index contributed by atoms with van der Waals surface area (Å²) in [4.78, 5) is 5.28. The van der Waals surface area contributed by atoms with Gasteiger partial charge in [0.15, 0.2) is 0 Å². The second-order valence-corrected chi connectivity index (χ2v) is 6.25. The molecule has 2 nitrogen and oxygen atoms in total. The summed E-state index contributed by atoms with van der Waals surface area (Å²) in [5.74, 6) is 0.950. The highest BCUT2D eigenvalue weighted by atomic mass is 15.3. The smallest absolute Gasteiger partial charge is 0.0134 e. The molecule has 0 radical (unpaired) electrons. The van der Waals surface area contributed by atoms with E-state index in [1.54, 1.807) is 0 Å². The number of rotatable bonds is 2. The van der Waals surface area contributed by atoms with Gasteiger partial charge in [0.25, 0.3) is 0 Å². The molecule has 1 aliphatic carbocycles. The van der Waals surface area contributed by atoms with Crippen LogP contribution in [-0.2, 0) is 0 Å². The standard InChI is InChI=1S/C13H26N2.C2H6/c1-5-14-6-8-15(9-7-14)12-10-11(12)13(2,3)4;1-2/h11-12H,5-10H2,1-4H3;1-2H3. The Morgan fingerprint density at radius 2 is 1.53 bits per heavy atom. The Bertz CT molecular complexity index is 211. The SMILES string of the molecule is CC.CCN1CCN(C2CC2C(C)(C)C)CC1. The lowest BCUT2D eigenvalue weighted by Crippen LogP contribution is -2.47. The number of hydrogen-bond donors (Lipinski definition) is 0. The summed E-state index contributed by atoms with van der Waals surface area (Å²) in [6.45, 7) is 19.8. The van der Waals surface area contributed by atoms with Crippen LogP contribution in [0.15, 0.2) is 0 Å². The molecule has 1 aliphatic heterocycles. The monoisotopic (exact) mass is 240 g/mol. The predicted octanol–water partition coefficient (Wildman–Crippen LogP) is 3.08. The van der Waals surface area contributed by atoms with Crippen molar-refractivity contribution < 1.29 is 0 Å². The Labute approximate surface area is 108 Å². The fourth-order valence-electron chi connectivity index (χ4n) is 2.93. The first-order chi connectivity index (χ1) is 8.02. The van der Waals surface area contributed by atoms with Crippen molar-refractivity contribution in [3.05, 3.63) is 0 Å². The molecule has 2 rings (SSSR count). The molecular formula is C15H32N2. The van der Waals surface area contributed by atoms with Crippen LogP contribution in [0.4, 0.5) is 0 Å². The van der Waals surface area contributed by atoms with Gasteiger partial charge in [0.1, 0.15) is 0 Å². The zero-order valence-electron chi connectivity index (χ0n) is 12.8. The predicted molar refractivity (Wildman–Crippen MR) is 76.4 cm³/mol. The van der Waals surface area contributed by atoms with Crippen molar-refractivity contribution in [3.8, 4) is 0 Å². The Balaban J connectivity index is 0.000000686. The van der Waals surface area contributed by atoms with Gasteiger partial charge in [0.05, 0.1) is 0 Å². The maximum atomic E-state index is 2.72. The minimum Gasteiger partial charge on any atom is -0.301 e. The molecule has 2 fully saturated rings. The highest BCUT2D eigenvalue weighted by Crippen LogP contribution is 2.48. The van der Waals surface area contributed by atoms with Gasteiger partial charge in [-0.05, 0) is 24.3 Å². The molecule has 0 amide bonds. The van der Waals surface area contributed by atoms with E-state index in [2.05, 4.69) is 37.5 Å². The van der Waals surface area contributed by atoms with Crippen molar-refractivity contribution in [2.75, 3.05) is 32.7 Å². The van der Waals surface area contributed by atoms with Crippen LogP contribution in [0.1, 0.15) is 48.0 Å². The van der Waals surface area contributed by atoms with Crippen LogP contribution >= 0.6 is 0 Å². The average Bonchev–Trinajstić information content (AvgIpc) is 3.11. The van der Waals surface area contributed by atoms with Gasteiger partial charge in [0, 0.05) is 32.2 Å². The Morgan fingerprint density at radius 1 is 1.00 bits per heavy atom. The van der Waals surface area contributed by atoms with Gasteiger partial charge < -0.3 is 4.90 Å². The topological polar surface area (TPSA) is 6.48 Å². The number of likely N-dealkylation sites (N-methyl/N-ethyl adjacent to an activating group) is 1. The molecule has 17 heavy (non-hydrogen) atoms. The average molecular weight is 240 g/mol. The Morgan fingerprint density at radius 3 is 1.88 bits per heavy atom. The molecular weight excluding hydrogens is 208 g/mol. The van der Waals surface area contributed by atoms with Crippen LogP contribution in [0.25, 0.3) is 0 Å². The van der Waals surface area contributed by atoms with Crippen molar-refractivity contribution in [3.63, 3.8) is 0 Å². The molecule has 2 unspecified atom stereocenters. The minimum atomic E-state index is 0.520. The fourth-order valence-corrected chi connectivity index (χ4v) is 2.93. The zero-order chi connectivity index (χ0) is 13.1. The summed E-state index contributed by atoms with van der Waals surface area (Å²) in [5, 5.41) is 0. The van der Waals surface area contributed by atoms with Crippen LogP contribution < -0.4 is 0 Å². The zero-order valence-corrected chi connectivity index (χ0v) is 12.8. The van der Waals surface area contributed by atoms with Crippen molar-refractivity contribution in [2.24, 2.45) is 11.3 Å². The summed E-state index contributed by atoms with van der Waals surface area (Å²) in [7, 11) is 0. The van der Waals surface area contributed by atoms with Crippen LogP contribution in [0.2, 0.25) is 0 Å². The van der Waals surface area contributed by atoms with Crippen LogP contribution in [0, 0.1) is 11.3 Å². The third-order valence-corrected chi connectivity index (χ3v) is 4.19.